The Hall–Kier alpha value is -2.85. The van der Waals surface area contributed by atoms with Crippen LogP contribution in [0.1, 0.15) is 29.4 Å². The molecule has 2 aliphatic heterocycles. The molecule has 2 heterocycles. The van der Waals surface area contributed by atoms with Crippen molar-refractivity contribution in [1.82, 2.24) is 0 Å². The van der Waals surface area contributed by atoms with Crippen molar-refractivity contribution in [3.8, 4) is 0 Å². The van der Waals surface area contributed by atoms with Gasteiger partial charge in [0.25, 0.3) is 0 Å². The van der Waals surface area contributed by atoms with E-state index in [9.17, 15) is 41.1 Å². The quantitative estimate of drug-likeness (QED) is 0.417. The maximum Gasteiger partial charge on any atom is 0.453 e. The van der Waals surface area contributed by atoms with Crippen LogP contribution >= 0.6 is 0 Å². The fraction of sp³-hybridized carbons (Fsp3) is 0.444. The number of hydrogen-bond donors (Lipinski definition) is 0. The lowest BCUT2D eigenvalue weighted by atomic mass is 9.58. The van der Waals surface area contributed by atoms with Crippen molar-refractivity contribution in [3.05, 3.63) is 35.4 Å². The molecule has 0 saturated carbocycles. The van der Waals surface area contributed by atoms with Gasteiger partial charge in [0.15, 0.2) is 0 Å². The summed E-state index contributed by atoms with van der Waals surface area (Å²) in [6.07, 6.45) is -6.80. The summed E-state index contributed by atoms with van der Waals surface area (Å²) in [7, 11) is 0. The first-order chi connectivity index (χ1) is 13.4. The third-order valence-electron chi connectivity index (χ3n) is 5.68. The minimum atomic E-state index is -6.08. The minimum absolute atomic E-state index is 0.0136. The van der Waals surface area contributed by atoms with Crippen molar-refractivity contribution in [2.24, 2.45) is 17.8 Å². The molecule has 0 spiro atoms. The zero-order valence-electron chi connectivity index (χ0n) is 14.2. The fourth-order valence-electron chi connectivity index (χ4n) is 4.58. The summed E-state index contributed by atoms with van der Waals surface area (Å²) in [6.45, 7) is 0. The number of halogens is 5. The number of carbonyl (C=O) groups excluding carboxylic acids is 4. The zero-order chi connectivity index (χ0) is 21.3. The fourth-order valence-corrected chi connectivity index (χ4v) is 4.58. The van der Waals surface area contributed by atoms with Crippen LogP contribution in [-0.2, 0) is 28.7 Å². The highest BCUT2D eigenvalue weighted by atomic mass is 19.4. The Morgan fingerprint density at radius 2 is 1.41 bits per heavy atom. The maximum atomic E-state index is 14.7. The first-order valence-corrected chi connectivity index (χ1v) is 8.48. The van der Waals surface area contributed by atoms with E-state index >= 15 is 0 Å². The zero-order valence-corrected chi connectivity index (χ0v) is 14.2. The third-order valence-corrected chi connectivity index (χ3v) is 5.68. The van der Waals surface area contributed by atoms with Crippen molar-refractivity contribution in [1.29, 1.82) is 0 Å². The van der Waals surface area contributed by atoms with Crippen molar-refractivity contribution in [2.45, 2.75) is 30.4 Å². The Morgan fingerprint density at radius 3 is 1.97 bits per heavy atom. The second-order valence-corrected chi connectivity index (χ2v) is 7.15. The van der Waals surface area contributed by atoms with Gasteiger partial charge < -0.3 is 9.47 Å². The van der Waals surface area contributed by atoms with Gasteiger partial charge in [0.05, 0.1) is 30.1 Å². The summed E-state index contributed by atoms with van der Waals surface area (Å²) in [5, 5.41) is 0. The van der Waals surface area contributed by atoms with Crippen LogP contribution < -0.4 is 0 Å². The monoisotopic (exact) mass is 418 g/mol. The highest BCUT2D eigenvalue weighted by Gasteiger charge is 2.72. The van der Waals surface area contributed by atoms with Gasteiger partial charge in [-0.25, -0.2) is 0 Å². The van der Waals surface area contributed by atoms with Crippen LogP contribution in [0.2, 0.25) is 0 Å². The van der Waals surface area contributed by atoms with Gasteiger partial charge in [0.2, 0.25) is 0 Å². The molecule has 3 aliphatic rings. The molecule has 0 radical (unpaired) electrons. The molecular formula is C18H11F5O6. The summed E-state index contributed by atoms with van der Waals surface area (Å²) in [5.41, 5.74) is -0.134. The number of cyclic esters (lactones) is 4. The third kappa shape index (κ3) is 2.66. The van der Waals surface area contributed by atoms with Gasteiger partial charge >= 0.3 is 36.0 Å². The van der Waals surface area contributed by atoms with Crippen LogP contribution in [0.3, 0.4) is 0 Å². The van der Waals surface area contributed by atoms with Gasteiger partial charge in [0.1, 0.15) is 0 Å². The van der Waals surface area contributed by atoms with Crippen LogP contribution in [0.5, 0.6) is 0 Å². The molecule has 1 aromatic carbocycles. The highest BCUT2D eigenvalue weighted by Crippen LogP contribution is 2.61. The standard InChI is InChI=1S/C18H11F5O6/c19-17(20,18(21,22)23)13-10(8-5-9(24)28-14(8)25)6-3-1-2-4-7(6)11-12(13)16(27)29-15(11)26/h1-4,8,10-13H,5H2. The average Bonchev–Trinajstić information content (AvgIpc) is 3.10. The van der Waals surface area contributed by atoms with Crippen LogP contribution in [0.25, 0.3) is 0 Å². The minimum Gasteiger partial charge on any atom is -0.393 e. The Labute approximate surface area is 158 Å². The molecule has 5 atom stereocenters. The molecule has 29 heavy (non-hydrogen) atoms. The van der Waals surface area contributed by atoms with Gasteiger partial charge in [0, 0.05) is 5.92 Å². The highest BCUT2D eigenvalue weighted by molar-refractivity contribution is 6.01. The van der Waals surface area contributed by atoms with E-state index < -0.39 is 72.0 Å². The average molecular weight is 418 g/mol. The molecule has 11 heteroatoms. The molecule has 0 aromatic heterocycles. The first kappa shape index (κ1) is 19.5. The smallest absolute Gasteiger partial charge is 0.393 e. The van der Waals surface area contributed by atoms with Gasteiger partial charge in [-0.1, -0.05) is 24.3 Å². The number of benzene rings is 1. The van der Waals surface area contributed by atoms with Crippen molar-refractivity contribution < 1.29 is 50.6 Å². The summed E-state index contributed by atoms with van der Waals surface area (Å²) in [5.74, 6) is -20.7. The molecule has 0 amide bonds. The lowest BCUT2D eigenvalue weighted by molar-refractivity contribution is -0.312. The Kier molecular flexibility index (Phi) is 4.08. The predicted octanol–water partition coefficient (Wildman–Crippen LogP) is 2.47. The Balaban J connectivity index is 1.99. The molecular weight excluding hydrogens is 407 g/mol. The summed E-state index contributed by atoms with van der Waals surface area (Å²) < 4.78 is 78.2. The van der Waals surface area contributed by atoms with E-state index in [2.05, 4.69) is 9.47 Å². The van der Waals surface area contributed by atoms with Crippen LogP contribution in [0, 0.1) is 17.8 Å². The van der Waals surface area contributed by atoms with Gasteiger partial charge in [-0.05, 0) is 11.1 Å². The number of alkyl halides is 5. The van der Waals surface area contributed by atoms with E-state index in [1.807, 2.05) is 0 Å². The number of esters is 4. The molecule has 0 N–H and O–H groups in total. The SMILES string of the molecule is O=C1CC(C2c3ccccc3C3C(=O)OC(=O)C3C2C(F)(F)C(F)(F)F)C(=O)O1. The molecule has 1 aromatic rings. The Bertz CT molecular complexity index is 939. The lowest BCUT2D eigenvalue weighted by Gasteiger charge is -2.43. The molecule has 154 valence electrons. The van der Waals surface area contributed by atoms with E-state index in [0.29, 0.717) is 0 Å². The number of hydrogen-bond acceptors (Lipinski definition) is 6. The van der Waals surface area contributed by atoms with E-state index in [0.717, 1.165) is 0 Å². The van der Waals surface area contributed by atoms with E-state index in [1.165, 1.54) is 24.3 Å². The van der Waals surface area contributed by atoms with Gasteiger partial charge in [-0.2, -0.15) is 22.0 Å². The molecule has 4 rings (SSSR count). The van der Waals surface area contributed by atoms with Gasteiger partial charge in [-0.15, -0.1) is 0 Å². The maximum absolute atomic E-state index is 14.7. The number of ether oxygens (including phenoxy) is 2. The number of rotatable bonds is 2. The van der Waals surface area contributed by atoms with E-state index in [4.69, 9.17) is 0 Å². The second-order valence-electron chi connectivity index (χ2n) is 7.15. The number of carbonyl (C=O) groups is 4. The molecule has 6 nitrogen and oxygen atoms in total. The second kappa shape index (κ2) is 6.07. The van der Waals surface area contributed by atoms with E-state index in [1.54, 1.807) is 0 Å². The van der Waals surface area contributed by atoms with E-state index in [-0.39, 0.29) is 11.1 Å². The largest absolute Gasteiger partial charge is 0.453 e. The first-order valence-electron chi connectivity index (χ1n) is 8.48. The lowest BCUT2D eigenvalue weighted by Crippen LogP contribution is -2.54. The Morgan fingerprint density at radius 1 is 0.793 bits per heavy atom. The van der Waals surface area contributed by atoms with Crippen molar-refractivity contribution in [2.75, 3.05) is 0 Å². The molecule has 2 fully saturated rings. The number of fused-ring (bicyclic) bond motifs is 3. The molecule has 1 aliphatic carbocycles. The van der Waals surface area contributed by atoms with Crippen LogP contribution in [0.4, 0.5) is 22.0 Å². The van der Waals surface area contributed by atoms with Crippen molar-refractivity contribution in [3.63, 3.8) is 0 Å². The topological polar surface area (TPSA) is 86.7 Å². The van der Waals surface area contributed by atoms with Crippen LogP contribution in [0.15, 0.2) is 24.3 Å². The van der Waals surface area contributed by atoms with Gasteiger partial charge in [-0.3, -0.25) is 19.2 Å². The molecule has 5 unspecified atom stereocenters. The predicted molar refractivity (Wildman–Crippen MR) is 80.2 cm³/mol. The summed E-state index contributed by atoms with van der Waals surface area (Å²) in [4.78, 5) is 47.9. The van der Waals surface area contributed by atoms with Crippen LogP contribution in [-0.4, -0.2) is 36.0 Å². The molecule has 2 saturated heterocycles. The molecule has 0 bridgehead atoms. The van der Waals surface area contributed by atoms with Crippen molar-refractivity contribution >= 4 is 23.9 Å². The summed E-state index contributed by atoms with van der Waals surface area (Å²) in [6, 6.07) is 5.23. The normalized spacial score (nSPS) is 32.0. The summed E-state index contributed by atoms with van der Waals surface area (Å²) >= 11 is 0.